The number of amides is 2. The molecule has 132 valence electrons. The first kappa shape index (κ1) is 17.3. The Kier molecular flexibility index (Phi) is 5.27. The average molecular weight is 364 g/mol. The van der Waals surface area contributed by atoms with Crippen LogP contribution in [0.3, 0.4) is 0 Å². The Hall–Kier alpha value is -2.49. The third-order valence-corrected chi connectivity index (χ3v) is 4.93. The van der Waals surface area contributed by atoms with Crippen LogP contribution in [-0.4, -0.2) is 37.8 Å². The van der Waals surface area contributed by atoms with E-state index < -0.39 is 17.6 Å². The molecule has 1 saturated carbocycles. The first-order valence-corrected chi connectivity index (χ1v) is 8.83. The Bertz CT molecular complexity index is 790. The number of nitrogens with zero attached hydrogens (tertiary/aromatic N) is 4. The number of hydrogen-bond donors (Lipinski definition) is 2. The fourth-order valence-electron chi connectivity index (χ4n) is 2.74. The number of benzene rings is 1. The lowest BCUT2D eigenvalue weighted by Gasteiger charge is -2.11. The predicted molar refractivity (Wildman–Crippen MR) is 89.6 cm³/mol. The van der Waals surface area contributed by atoms with E-state index in [2.05, 4.69) is 20.8 Å². The van der Waals surface area contributed by atoms with Crippen molar-refractivity contribution in [1.29, 1.82) is 0 Å². The highest BCUT2D eigenvalue weighted by Crippen LogP contribution is 2.31. The van der Waals surface area contributed by atoms with Crippen LogP contribution in [0.15, 0.2) is 23.4 Å². The van der Waals surface area contributed by atoms with E-state index in [1.165, 1.54) is 23.9 Å². The minimum atomic E-state index is -0.730. The Labute approximate surface area is 147 Å². The molecule has 0 aliphatic heterocycles. The minimum Gasteiger partial charge on any atom is -0.366 e. The van der Waals surface area contributed by atoms with Crippen LogP contribution < -0.4 is 11.1 Å². The van der Waals surface area contributed by atoms with Crippen molar-refractivity contribution in [2.24, 2.45) is 5.73 Å². The molecule has 1 aliphatic carbocycles. The predicted octanol–water partition coefficient (Wildman–Crippen LogP) is 1.76. The van der Waals surface area contributed by atoms with E-state index in [4.69, 9.17) is 5.73 Å². The largest absolute Gasteiger partial charge is 0.366 e. The van der Waals surface area contributed by atoms with Gasteiger partial charge in [-0.2, -0.15) is 0 Å². The second kappa shape index (κ2) is 7.60. The van der Waals surface area contributed by atoms with Crippen molar-refractivity contribution in [3.05, 3.63) is 29.6 Å². The topological polar surface area (TPSA) is 116 Å². The molecule has 0 bridgehead atoms. The van der Waals surface area contributed by atoms with Crippen molar-refractivity contribution in [1.82, 2.24) is 20.2 Å². The first-order valence-electron chi connectivity index (χ1n) is 7.84. The zero-order valence-electron chi connectivity index (χ0n) is 13.3. The van der Waals surface area contributed by atoms with Gasteiger partial charge in [0.05, 0.1) is 17.5 Å². The van der Waals surface area contributed by atoms with E-state index in [9.17, 15) is 14.0 Å². The fraction of sp³-hybridized carbons (Fsp3) is 0.400. The zero-order valence-corrected chi connectivity index (χ0v) is 14.1. The molecule has 25 heavy (non-hydrogen) atoms. The summed E-state index contributed by atoms with van der Waals surface area (Å²) in [5.41, 5.74) is 5.12. The van der Waals surface area contributed by atoms with Crippen LogP contribution in [0, 0.1) is 5.82 Å². The number of nitrogens with two attached hydrogens (primary N) is 1. The lowest BCUT2D eigenvalue weighted by molar-refractivity contribution is -0.113. The summed E-state index contributed by atoms with van der Waals surface area (Å²) in [5.74, 6) is -1.79. The molecule has 10 heteroatoms. The number of aromatic nitrogens is 4. The van der Waals surface area contributed by atoms with Gasteiger partial charge in [-0.1, -0.05) is 24.6 Å². The van der Waals surface area contributed by atoms with Gasteiger partial charge in [0, 0.05) is 5.56 Å². The maximum atomic E-state index is 13.9. The number of thioether (sulfide) groups is 1. The van der Waals surface area contributed by atoms with Gasteiger partial charge in [0.15, 0.2) is 0 Å². The van der Waals surface area contributed by atoms with Gasteiger partial charge in [-0.25, -0.2) is 9.07 Å². The van der Waals surface area contributed by atoms with Gasteiger partial charge < -0.3 is 11.1 Å². The monoisotopic (exact) mass is 364 g/mol. The lowest BCUT2D eigenvalue weighted by Crippen LogP contribution is -2.17. The van der Waals surface area contributed by atoms with Crippen molar-refractivity contribution in [2.75, 3.05) is 11.1 Å². The third-order valence-electron chi connectivity index (χ3n) is 3.99. The van der Waals surface area contributed by atoms with Gasteiger partial charge in [-0.3, -0.25) is 9.59 Å². The van der Waals surface area contributed by atoms with Crippen LogP contribution in [0.25, 0.3) is 0 Å². The normalized spacial score (nSPS) is 14.6. The number of halogens is 1. The summed E-state index contributed by atoms with van der Waals surface area (Å²) < 4.78 is 15.6. The molecule has 2 aromatic rings. The van der Waals surface area contributed by atoms with Crippen molar-refractivity contribution in [3.8, 4) is 0 Å². The van der Waals surface area contributed by atoms with Gasteiger partial charge in [0.25, 0.3) is 0 Å². The number of hydrogen-bond acceptors (Lipinski definition) is 6. The second-order valence-electron chi connectivity index (χ2n) is 5.74. The molecule has 1 aromatic heterocycles. The third kappa shape index (κ3) is 4.13. The molecule has 0 unspecified atom stereocenters. The summed E-state index contributed by atoms with van der Waals surface area (Å²) in [7, 11) is 0. The standard InChI is InChI=1S/C15H17FN6O2S/c16-11-7-9(14(17)24)5-6-12(11)18-13(23)8-25-15-19-20-21-22(15)10-3-1-2-4-10/h5-7,10H,1-4,8H2,(H2,17,24)(H,18,23). The zero-order chi connectivity index (χ0) is 17.8. The molecule has 1 heterocycles. The summed E-state index contributed by atoms with van der Waals surface area (Å²) in [6.07, 6.45) is 4.36. The van der Waals surface area contributed by atoms with Crippen LogP contribution in [0.1, 0.15) is 42.1 Å². The summed E-state index contributed by atoms with van der Waals surface area (Å²) in [5, 5.41) is 14.7. The smallest absolute Gasteiger partial charge is 0.248 e. The van der Waals surface area contributed by atoms with Crippen molar-refractivity contribution in [3.63, 3.8) is 0 Å². The fourth-order valence-corrected chi connectivity index (χ4v) is 3.49. The Morgan fingerprint density at radius 1 is 1.36 bits per heavy atom. The highest BCUT2D eigenvalue weighted by Gasteiger charge is 2.22. The van der Waals surface area contributed by atoms with Gasteiger partial charge in [-0.05, 0) is 41.5 Å². The van der Waals surface area contributed by atoms with Crippen molar-refractivity contribution in [2.45, 2.75) is 36.9 Å². The molecular formula is C15H17FN6O2S. The van der Waals surface area contributed by atoms with Crippen molar-refractivity contribution < 1.29 is 14.0 Å². The van der Waals surface area contributed by atoms with Gasteiger partial charge in [0.1, 0.15) is 5.82 Å². The lowest BCUT2D eigenvalue weighted by atomic mass is 10.2. The molecule has 0 spiro atoms. The first-order chi connectivity index (χ1) is 12.0. The molecule has 3 rings (SSSR count). The number of nitrogens with one attached hydrogen (secondary N) is 1. The molecule has 1 aliphatic rings. The minimum absolute atomic E-state index is 0.00835. The molecule has 0 atom stereocenters. The second-order valence-corrected chi connectivity index (χ2v) is 6.68. The van der Waals surface area contributed by atoms with Crippen LogP contribution in [-0.2, 0) is 4.79 Å². The summed E-state index contributed by atoms with van der Waals surface area (Å²) >= 11 is 1.20. The number of rotatable bonds is 6. The van der Waals surface area contributed by atoms with Crippen LogP contribution in [0.2, 0.25) is 0 Å². The van der Waals surface area contributed by atoms with Crippen LogP contribution >= 0.6 is 11.8 Å². The molecule has 1 fully saturated rings. The van der Waals surface area contributed by atoms with E-state index in [0.717, 1.165) is 31.7 Å². The highest BCUT2D eigenvalue weighted by molar-refractivity contribution is 7.99. The molecular weight excluding hydrogens is 347 g/mol. The number of anilines is 1. The highest BCUT2D eigenvalue weighted by atomic mass is 32.2. The van der Waals surface area contributed by atoms with E-state index in [1.807, 2.05) is 0 Å². The number of tetrazole rings is 1. The molecule has 1 aromatic carbocycles. The quantitative estimate of drug-likeness (QED) is 0.755. The van der Waals surface area contributed by atoms with Crippen LogP contribution in [0.4, 0.5) is 10.1 Å². The maximum absolute atomic E-state index is 13.9. The van der Waals surface area contributed by atoms with Gasteiger partial charge in [0.2, 0.25) is 17.0 Å². The number of carbonyl (C=O) groups excluding carboxylic acids is 2. The molecule has 8 nitrogen and oxygen atoms in total. The number of carbonyl (C=O) groups is 2. The van der Waals surface area contributed by atoms with E-state index >= 15 is 0 Å². The number of primary amides is 1. The molecule has 2 amide bonds. The SMILES string of the molecule is NC(=O)c1ccc(NC(=O)CSc2nnnn2C2CCCC2)c(F)c1. The van der Waals surface area contributed by atoms with Crippen molar-refractivity contribution >= 4 is 29.3 Å². The molecule has 0 saturated heterocycles. The van der Waals surface area contributed by atoms with Crippen LogP contribution in [0.5, 0.6) is 0 Å². The summed E-state index contributed by atoms with van der Waals surface area (Å²) in [6, 6.07) is 3.93. The Balaban J connectivity index is 1.59. The maximum Gasteiger partial charge on any atom is 0.248 e. The van der Waals surface area contributed by atoms with Gasteiger partial charge in [-0.15, -0.1) is 5.10 Å². The molecule has 0 radical (unpaired) electrons. The summed E-state index contributed by atoms with van der Waals surface area (Å²) in [4.78, 5) is 23.0. The Morgan fingerprint density at radius 2 is 2.12 bits per heavy atom. The average Bonchev–Trinajstić information content (AvgIpc) is 3.25. The van der Waals surface area contributed by atoms with Gasteiger partial charge >= 0.3 is 0 Å². The Morgan fingerprint density at radius 3 is 2.80 bits per heavy atom. The molecule has 3 N–H and O–H groups in total. The van der Waals surface area contributed by atoms with E-state index in [0.29, 0.717) is 5.16 Å². The van der Waals surface area contributed by atoms with E-state index in [-0.39, 0.29) is 23.0 Å². The summed E-state index contributed by atoms with van der Waals surface area (Å²) in [6.45, 7) is 0. The van der Waals surface area contributed by atoms with E-state index in [1.54, 1.807) is 4.68 Å².